The number of fused-ring (bicyclic) bond motifs is 1. The van der Waals surface area contributed by atoms with E-state index in [1.165, 1.54) is 30.9 Å². The molecule has 1 amide bonds. The fraction of sp³-hybridized carbons (Fsp3) is 0.611. The van der Waals surface area contributed by atoms with Gasteiger partial charge >= 0.3 is 0 Å². The highest BCUT2D eigenvalue weighted by Crippen LogP contribution is 2.42. The van der Waals surface area contributed by atoms with Crippen LogP contribution in [0.5, 0.6) is 0 Å². The van der Waals surface area contributed by atoms with Crippen molar-refractivity contribution >= 4 is 23.2 Å². The molecule has 1 aliphatic rings. The highest BCUT2D eigenvalue weighted by Gasteiger charge is 2.28. The van der Waals surface area contributed by atoms with Gasteiger partial charge in [-0.05, 0) is 61.9 Å². The van der Waals surface area contributed by atoms with Gasteiger partial charge in [0.1, 0.15) is 0 Å². The number of nitrogens with zero attached hydrogens (tertiary/aromatic N) is 1. The van der Waals surface area contributed by atoms with E-state index in [9.17, 15) is 4.79 Å². The highest BCUT2D eigenvalue weighted by atomic mass is 35.5. The summed E-state index contributed by atoms with van der Waals surface area (Å²) >= 11 is 6.60. The second kappa shape index (κ2) is 7.98. The Kier molecular flexibility index (Phi) is 6.27. The molecule has 1 unspecified atom stereocenters. The van der Waals surface area contributed by atoms with E-state index in [1.54, 1.807) is 0 Å². The van der Waals surface area contributed by atoms with Crippen LogP contribution in [0.15, 0.2) is 12.1 Å². The Labute approximate surface area is 139 Å². The van der Waals surface area contributed by atoms with Gasteiger partial charge in [0.25, 0.3) is 0 Å². The molecule has 1 N–H and O–H groups in total. The molecule has 22 heavy (non-hydrogen) atoms. The summed E-state index contributed by atoms with van der Waals surface area (Å²) in [4.78, 5) is 13.9. The van der Waals surface area contributed by atoms with E-state index in [0.717, 1.165) is 43.2 Å². The number of anilines is 1. The molecular weight excluding hydrogens is 296 g/mol. The molecule has 1 atom stereocenters. The first-order valence-corrected chi connectivity index (χ1v) is 8.75. The van der Waals surface area contributed by atoms with E-state index >= 15 is 0 Å². The summed E-state index contributed by atoms with van der Waals surface area (Å²) in [5.41, 5.74) is 3.35. The first kappa shape index (κ1) is 17.3. The fourth-order valence-corrected chi connectivity index (χ4v) is 3.86. The van der Waals surface area contributed by atoms with E-state index in [0.29, 0.717) is 5.92 Å². The predicted octanol–water partition coefficient (Wildman–Crippen LogP) is 4.45. The van der Waals surface area contributed by atoms with E-state index in [4.69, 9.17) is 11.6 Å². The number of hydrogen-bond donors (Lipinski definition) is 1. The molecule has 0 heterocycles. The van der Waals surface area contributed by atoms with Crippen LogP contribution < -0.4 is 5.32 Å². The zero-order chi connectivity index (χ0) is 16.1. The van der Waals surface area contributed by atoms with E-state index in [2.05, 4.69) is 30.1 Å². The molecule has 0 aliphatic heterocycles. The first-order chi connectivity index (χ1) is 10.6. The number of carbonyl (C=O) groups excluding carboxylic acids is 1. The topological polar surface area (TPSA) is 32.3 Å². The summed E-state index contributed by atoms with van der Waals surface area (Å²) < 4.78 is 0. The summed E-state index contributed by atoms with van der Waals surface area (Å²) in [6.07, 6.45) is 4.60. The molecule has 1 aliphatic carbocycles. The summed E-state index contributed by atoms with van der Waals surface area (Å²) in [6.45, 7) is 9.33. The van der Waals surface area contributed by atoms with Crippen molar-refractivity contribution in [2.24, 2.45) is 0 Å². The lowest BCUT2D eigenvalue weighted by Gasteiger charge is -2.26. The maximum atomic E-state index is 11.3. The molecule has 0 fully saturated rings. The van der Waals surface area contributed by atoms with Gasteiger partial charge in [-0.1, -0.05) is 31.5 Å². The van der Waals surface area contributed by atoms with Crippen LogP contribution in [0.2, 0.25) is 5.02 Å². The summed E-state index contributed by atoms with van der Waals surface area (Å²) in [5.74, 6) is 0.407. The van der Waals surface area contributed by atoms with Crippen molar-refractivity contribution in [3.63, 3.8) is 0 Å². The van der Waals surface area contributed by atoms with Crippen LogP contribution in [0.3, 0.4) is 0 Å². The van der Waals surface area contributed by atoms with Gasteiger partial charge in [0.15, 0.2) is 0 Å². The van der Waals surface area contributed by atoms with Gasteiger partial charge in [-0.2, -0.15) is 0 Å². The number of amides is 1. The Balaban J connectivity index is 2.20. The van der Waals surface area contributed by atoms with Crippen molar-refractivity contribution < 1.29 is 4.79 Å². The molecule has 0 spiro atoms. The largest absolute Gasteiger partial charge is 0.325 e. The zero-order valence-corrected chi connectivity index (χ0v) is 14.7. The molecule has 0 aromatic heterocycles. The van der Waals surface area contributed by atoms with E-state index < -0.39 is 0 Å². The number of aryl methyl sites for hydroxylation is 1. The van der Waals surface area contributed by atoms with Crippen molar-refractivity contribution in [2.75, 3.05) is 25.0 Å². The Morgan fingerprint density at radius 1 is 1.32 bits per heavy atom. The molecule has 0 saturated carbocycles. The normalized spacial score (nSPS) is 16.9. The van der Waals surface area contributed by atoms with Crippen molar-refractivity contribution in [1.29, 1.82) is 0 Å². The van der Waals surface area contributed by atoms with Crippen LogP contribution in [0.4, 0.5) is 5.69 Å². The molecule has 2 rings (SSSR count). The fourth-order valence-electron chi connectivity index (χ4n) is 3.47. The molecule has 1 aromatic carbocycles. The molecule has 0 saturated heterocycles. The number of benzene rings is 1. The average molecular weight is 323 g/mol. The molecule has 1 aromatic rings. The highest BCUT2D eigenvalue weighted by molar-refractivity contribution is 6.34. The van der Waals surface area contributed by atoms with Crippen LogP contribution in [-0.2, 0) is 11.2 Å². The SMILES string of the molecule is CCCN(CCC)CC1CCc2ccc(NC(C)=O)c(Cl)c21. The molecule has 0 bridgehead atoms. The third kappa shape index (κ3) is 4.02. The van der Waals surface area contributed by atoms with Gasteiger partial charge in [0, 0.05) is 13.5 Å². The summed E-state index contributed by atoms with van der Waals surface area (Å²) in [7, 11) is 0. The van der Waals surface area contributed by atoms with Gasteiger partial charge < -0.3 is 10.2 Å². The van der Waals surface area contributed by atoms with Crippen LogP contribution in [0.25, 0.3) is 0 Å². The Bertz CT molecular complexity index is 524. The Hall–Kier alpha value is -1.06. The van der Waals surface area contributed by atoms with Crippen molar-refractivity contribution in [2.45, 2.75) is 52.4 Å². The van der Waals surface area contributed by atoms with Crippen molar-refractivity contribution in [3.05, 3.63) is 28.3 Å². The van der Waals surface area contributed by atoms with Gasteiger partial charge in [0.2, 0.25) is 5.91 Å². The molecule has 4 heteroatoms. The van der Waals surface area contributed by atoms with Gasteiger partial charge in [-0.15, -0.1) is 0 Å². The maximum Gasteiger partial charge on any atom is 0.221 e. The quantitative estimate of drug-likeness (QED) is 0.804. The molecular formula is C18H27ClN2O. The van der Waals surface area contributed by atoms with Crippen molar-refractivity contribution in [3.8, 4) is 0 Å². The van der Waals surface area contributed by atoms with Crippen LogP contribution in [0, 0.1) is 0 Å². The monoisotopic (exact) mass is 322 g/mol. The molecule has 122 valence electrons. The minimum absolute atomic E-state index is 0.0741. The van der Waals surface area contributed by atoms with Gasteiger partial charge in [-0.3, -0.25) is 4.79 Å². The minimum Gasteiger partial charge on any atom is -0.325 e. The lowest BCUT2D eigenvalue weighted by atomic mass is 9.99. The van der Waals surface area contributed by atoms with Crippen molar-refractivity contribution in [1.82, 2.24) is 4.90 Å². The second-order valence-electron chi connectivity index (χ2n) is 6.22. The zero-order valence-electron chi connectivity index (χ0n) is 13.9. The van der Waals surface area contributed by atoms with Crippen LogP contribution >= 0.6 is 11.6 Å². The lowest BCUT2D eigenvalue weighted by molar-refractivity contribution is -0.114. The lowest BCUT2D eigenvalue weighted by Crippen LogP contribution is -2.29. The number of halogens is 1. The number of carbonyl (C=O) groups is 1. The smallest absolute Gasteiger partial charge is 0.221 e. The molecule has 3 nitrogen and oxygen atoms in total. The third-order valence-corrected chi connectivity index (χ3v) is 4.72. The second-order valence-corrected chi connectivity index (χ2v) is 6.60. The first-order valence-electron chi connectivity index (χ1n) is 8.38. The minimum atomic E-state index is -0.0741. The average Bonchev–Trinajstić information content (AvgIpc) is 2.86. The van der Waals surface area contributed by atoms with Gasteiger partial charge in [0.05, 0.1) is 10.7 Å². The third-order valence-electron chi connectivity index (χ3n) is 4.31. The van der Waals surface area contributed by atoms with E-state index in [1.807, 2.05) is 6.07 Å². The van der Waals surface area contributed by atoms with E-state index in [-0.39, 0.29) is 5.91 Å². The standard InChI is InChI=1S/C18H27ClN2O/c1-4-10-21(11-5-2)12-15-7-6-14-8-9-16(20-13(3)22)18(19)17(14)15/h8-9,15H,4-7,10-12H2,1-3H3,(H,20,22). The summed E-state index contributed by atoms with van der Waals surface area (Å²) in [6, 6.07) is 4.05. The van der Waals surface area contributed by atoms with Gasteiger partial charge in [-0.25, -0.2) is 0 Å². The van der Waals surface area contributed by atoms with Crippen LogP contribution in [-0.4, -0.2) is 30.4 Å². The summed E-state index contributed by atoms with van der Waals surface area (Å²) in [5, 5.41) is 3.58. The van der Waals surface area contributed by atoms with Crippen LogP contribution in [0.1, 0.15) is 57.1 Å². The molecule has 0 radical (unpaired) electrons. The Morgan fingerprint density at radius 2 is 2.00 bits per heavy atom. The number of rotatable bonds is 7. The Morgan fingerprint density at radius 3 is 2.59 bits per heavy atom. The number of hydrogen-bond acceptors (Lipinski definition) is 2. The predicted molar refractivity (Wildman–Crippen MR) is 93.8 cm³/mol. The number of nitrogens with one attached hydrogen (secondary N) is 1. The maximum absolute atomic E-state index is 11.3.